The standard InChI is InChI=1S/C15H17F4NO/c1-10(2)5-6-14(15(17,18)19)12-9-11(16)3-4-13(12)20-7-8-21-14/h3-4,7-10,20H,5-6H2,1-2H3. The number of ether oxygens (including phenoxy) is 1. The third-order valence-electron chi connectivity index (χ3n) is 3.52. The summed E-state index contributed by atoms with van der Waals surface area (Å²) in [6, 6.07) is 3.30. The van der Waals surface area contributed by atoms with Crippen molar-refractivity contribution < 1.29 is 22.3 Å². The number of benzene rings is 1. The lowest BCUT2D eigenvalue weighted by Gasteiger charge is -2.36. The van der Waals surface area contributed by atoms with Crippen LogP contribution in [0.5, 0.6) is 0 Å². The largest absolute Gasteiger partial charge is 0.479 e. The van der Waals surface area contributed by atoms with E-state index in [0.29, 0.717) is 6.42 Å². The van der Waals surface area contributed by atoms with Crippen LogP contribution in [0.3, 0.4) is 0 Å². The van der Waals surface area contributed by atoms with Crippen LogP contribution >= 0.6 is 0 Å². The molecule has 0 saturated carbocycles. The van der Waals surface area contributed by atoms with Gasteiger partial charge in [0.05, 0.1) is 0 Å². The van der Waals surface area contributed by atoms with Crippen LogP contribution in [0.1, 0.15) is 32.3 Å². The first-order valence-electron chi connectivity index (χ1n) is 6.72. The van der Waals surface area contributed by atoms with Gasteiger partial charge < -0.3 is 10.1 Å². The number of halogens is 4. The molecule has 116 valence electrons. The molecule has 1 atom stereocenters. The summed E-state index contributed by atoms with van der Waals surface area (Å²) in [5.74, 6) is -0.649. The molecule has 1 aliphatic heterocycles. The van der Waals surface area contributed by atoms with Crippen molar-refractivity contribution in [2.75, 3.05) is 5.32 Å². The van der Waals surface area contributed by atoms with Crippen molar-refractivity contribution in [2.45, 2.75) is 38.5 Å². The molecule has 1 heterocycles. The minimum atomic E-state index is -4.65. The van der Waals surface area contributed by atoms with Crippen LogP contribution in [0.4, 0.5) is 23.2 Å². The smallest absolute Gasteiger partial charge is 0.432 e. The topological polar surface area (TPSA) is 21.3 Å². The zero-order valence-corrected chi connectivity index (χ0v) is 11.8. The van der Waals surface area contributed by atoms with Gasteiger partial charge in [0.2, 0.25) is 5.60 Å². The Balaban J connectivity index is 2.58. The molecule has 2 nitrogen and oxygen atoms in total. The van der Waals surface area contributed by atoms with E-state index in [-0.39, 0.29) is 23.6 Å². The summed E-state index contributed by atoms with van der Waals surface area (Å²) >= 11 is 0. The van der Waals surface area contributed by atoms with Gasteiger partial charge in [0, 0.05) is 23.9 Å². The summed E-state index contributed by atoms with van der Waals surface area (Å²) in [7, 11) is 0. The lowest BCUT2D eigenvalue weighted by atomic mass is 9.84. The van der Waals surface area contributed by atoms with E-state index in [0.717, 1.165) is 18.4 Å². The lowest BCUT2D eigenvalue weighted by Crippen LogP contribution is -2.44. The van der Waals surface area contributed by atoms with Crippen LogP contribution in [-0.2, 0) is 10.3 Å². The quantitative estimate of drug-likeness (QED) is 0.799. The van der Waals surface area contributed by atoms with Crippen molar-refractivity contribution >= 4 is 5.69 Å². The Kier molecular flexibility index (Phi) is 4.16. The summed E-state index contributed by atoms with van der Waals surface area (Å²) in [6.45, 7) is 3.67. The van der Waals surface area contributed by atoms with Crippen LogP contribution in [0.15, 0.2) is 30.7 Å². The molecule has 0 amide bonds. The average Bonchev–Trinajstić information content (AvgIpc) is 2.55. The van der Waals surface area contributed by atoms with Gasteiger partial charge in [-0.3, -0.25) is 0 Å². The average molecular weight is 303 g/mol. The van der Waals surface area contributed by atoms with Gasteiger partial charge in [0.15, 0.2) is 0 Å². The molecule has 0 aromatic heterocycles. The molecule has 6 heteroatoms. The van der Waals surface area contributed by atoms with E-state index in [1.165, 1.54) is 12.3 Å². The first kappa shape index (κ1) is 15.7. The number of hydrogen-bond donors (Lipinski definition) is 1. The van der Waals surface area contributed by atoms with Crippen molar-refractivity contribution in [3.8, 4) is 0 Å². The van der Waals surface area contributed by atoms with E-state index < -0.39 is 17.6 Å². The summed E-state index contributed by atoms with van der Waals surface area (Å²) < 4.78 is 59.7. The molecule has 0 bridgehead atoms. The molecule has 0 saturated heterocycles. The van der Waals surface area contributed by atoms with Crippen LogP contribution in [0, 0.1) is 11.7 Å². The van der Waals surface area contributed by atoms with Gasteiger partial charge >= 0.3 is 6.18 Å². The SMILES string of the molecule is CC(C)CCC1(C(F)(F)F)OC=CNc2ccc(F)cc21. The van der Waals surface area contributed by atoms with Crippen molar-refractivity contribution in [1.82, 2.24) is 0 Å². The van der Waals surface area contributed by atoms with Gasteiger partial charge in [-0.05, 0) is 30.5 Å². The maximum atomic E-state index is 13.7. The highest BCUT2D eigenvalue weighted by Gasteiger charge is 2.59. The molecule has 1 aliphatic rings. The van der Waals surface area contributed by atoms with E-state index >= 15 is 0 Å². The normalized spacial score (nSPS) is 21.5. The van der Waals surface area contributed by atoms with Crippen molar-refractivity contribution in [2.24, 2.45) is 5.92 Å². The van der Waals surface area contributed by atoms with Gasteiger partial charge in [0.25, 0.3) is 0 Å². The molecule has 2 rings (SSSR count). The Morgan fingerprint density at radius 3 is 2.62 bits per heavy atom. The number of rotatable bonds is 3. The zero-order chi connectivity index (χ0) is 15.7. The first-order chi connectivity index (χ1) is 9.76. The second-order valence-electron chi connectivity index (χ2n) is 5.51. The van der Waals surface area contributed by atoms with E-state index in [4.69, 9.17) is 4.74 Å². The molecular weight excluding hydrogens is 286 g/mol. The summed E-state index contributed by atoms with van der Waals surface area (Å²) in [4.78, 5) is 0. The van der Waals surface area contributed by atoms with Gasteiger partial charge in [-0.2, -0.15) is 13.2 Å². The molecule has 1 N–H and O–H groups in total. The van der Waals surface area contributed by atoms with E-state index in [2.05, 4.69) is 5.32 Å². The minimum absolute atomic E-state index is 0.0741. The molecule has 1 unspecified atom stereocenters. The predicted molar refractivity (Wildman–Crippen MR) is 72.1 cm³/mol. The predicted octanol–water partition coefficient (Wildman–Crippen LogP) is 4.93. The number of fused-ring (bicyclic) bond motifs is 1. The van der Waals surface area contributed by atoms with Crippen LogP contribution in [0.25, 0.3) is 0 Å². The highest BCUT2D eigenvalue weighted by atomic mass is 19.4. The second-order valence-corrected chi connectivity index (χ2v) is 5.51. The van der Waals surface area contributed by atoms with Crippen LogP contribution in [-0.4, -0.2) is 6.18 Å². The Bertz CT molecular complexity index is 539. The highest BCUT2D eigenvalue weighted by molar-refractivity contribution is 5.57. The Hall–Kier alpha value is -1.72. The third kappa shape index (κ3) is 2.99. The van der Waals surface area contributed by atoms with E-state index in [1.54, 1.807) is 0 Å². The molecule has 1 aromatic rings. The second kappa shape index (κ2) is 5.58. The van der Waals surface area contributed by atoms with Crippen molar-refractivity contribution in [3.63, 3.8) is 0 Å². The fourth-order valence-electron chi connectivity index (χ4n) is 2.36. The zero-order valence-electron chi connectivity index (χ0n) is 11.8. The molecule has 1 aromatic carbocycles. The number of nitrogens with one attached hydrogen (secondary N) is 1. The number of hydrogen-bond acceptors (Lipinski definition) is 2. The van der Waals surface area contributed by atoms with Crippen molar-refractivity contribution in [1.29, 1.82) is 0 Å². The first-order valence-corrected chi connectivity index (χ1v) is 6.72. The molecule has 0 radical (unpaired) electrons. The van der Waals surface area contributed by atoms with E-state index in [9.17, 15) is 17.6 Å². The fourth-order valence-corrected chi connectivity index (χ4v) is 2.36. The molecule has 0 aliphatic carbocycles. The fraction of sp³-hybridized carbons (Fsp3) is 0.467. The van der Waals surface area contributed by atoms with Gasteiger partial charge in [-0.15, -0.1) is 0 Å². The summed E-state index contributed by atoms with van der Waals surface area (Å²) in [5.41, 5.74) is -2.55. The van der Waals surface area contributed by atoms with Crippen molar-refractivity contribution in [3.05, 3.63) is 42.0 Å². The van der Waals surface area contributed by atoms with Crippen LogP contribution < -0.4 is 5.32 Å². The summed E-state index contributed by atoms with van der Waals surface area (Å²) in [6.07, 6.45) is -2.36. The minimum Gasteiger partial charge on any atom is -0.479 e. The molecule has 0 spiro atoms. The summed E-state index contributed by atoms with van der Waals surface area (Å²) in [5, 5.41) is 2.69. The molecule has 21 heavy (non-hydrogen) atoms. The number of alkyl halides is 3. The van der Waals surface area contributed by atoms with Gasteiger partial charge in [-0.25, -0.2) is 4.39 Å². The van der Waals surface area contributed by atoms with Gasteiger partial charge in [-0.1, -0.05) is 13.8 Å². The Morgan fingerprint density at radius 2 is 2.00 bits per heavy atom. The molecular formula is C15H17F4NO. The maximum absolute atomic E-state index is 13.7. The van der Waals surface area contributed by atoms with E-state index in [1.807, 2.05) is 13.8 Å². The highest BCUT2D eigenvalue weighted by Crippen LogP contribution is 2.49. The van der Waals surface area contributed by atoms with Gasteiger partial charge in [0.1, 0.15) is 12.1 Å². The maximum Gasteiger partial charge on any atom is 0.432 e. The molecule has 0 fully saturated rings. The monoisotopic (exact) mass is 303 g/mol. The van der Waals surface area contributed by atoms with Crippen LogP contribution in [0.2, 0.25) is 0 Å². The Morgan fingerprint density at radius 1 is 1.29 bits per heavy atom. The number of anilines is 1. The Labute approximate surface area is 120 Å². The lowest BCUT2D eigenvalue weighted by molar-refractivity contribution is -0.271. The third-order valence-corrected chi connectivity index (χ3v) is 3.52.